The summed E-state index contributed by atoms with van der Waals surface area (Å²) in [6.45, 7) is 2.60. The Morgan fingerprint density at radius 3 is 3.04 bits per heavy atom. The van der Waals surface area contributed by atoms with E-state index in [0.717, 1.165) is 53.9 Å². The molecule has 1 fully saturated rings. The number of methoxy groups -OCH3 is 1. The lowest BCUT2D eigenvalue weighted by Gasteiger charge is -2.21. The van der Waals surface area contributed by atoms with Crippen molar-refractivity contribution in [2.24, 2.45) is 5.92 Å². The van der Waals surface area contributed by atoms with Gasteiger partial charge in [-0.25, -0.2) is 9.50 Å². The lowest BCUT2D eigenvalue weighted by Crippen LogP contribution is -2.22. The number of phenolic OH excluding ortho intramolecular Hbond substituents is 1. The number of nitrogens with one attached hydrogen (secondary N) is 1. The predicted molar refractivity (Wildman–Crippen MR) is 96.5 cm³/mol. The Hall–Kier alpha value is -2.32. The summed E-state index contributed by atoms with van der Waals surface area (Å²) < 4.78 is 12.4. The van der Waals surface area contributed by atoms with Crippen molar-refractivity contribution in [3.63, 3.8) is 0 Å². The van der Waals surface area contributed by atoms with Gasteiger partial charge in [0.25, 0.3) is 0 Å². The summed E-state index contributed by atoms with van der Waals surface area (Å²) in [5.41, 5.74) is 1.76. The number of fused-ring (bicyclic) bond motifs is 1. The first-order valence-electron chi connectivity index (χ1n) is 8.28. The molecule has 4 rings (SSSR count). The zero-order chi connectivity index (χ0) is 17.2. The van der Waals surface area contributed by atoms with Gasteiger partial charge in [0.2, 0.25) is 10.1 Å². The molecule has 2 N–H and O–H groups in total. The molecule has 0 saturated carbocycles. The molecule has 8 heteroatoms. The van der Waals surface area contributed by atoms with Crippen LogP contribution in [0, 0.1) is 5.92 Å². The van der Waals surface area contributed by atoms with Crippen LogP contribution < -0.4 is 10.1 Å². The maximum atomic E-state index is 9.76. The number of hydrogen-bond acceptors (Lipinski definition) is 7. The highest BCUT2D eigenvalue weighted by Gasteiger charge is 2.16. The van der Waals surface area contributed by atoms with Crippen molar-refractivity contribution in [1.29, 1.82) is 0 Å². The third-order valence-electron chi connectivity index (χ3n) is 4.44. The van der Waals surface area contributed by atoms with Crippen LogP contribution in [0.5, 0.6) is 11.5 Å². The van der Waals surface area contributed by atoms with E-state index in [9.17, 15) is 5.11 Å². The highest BCUT2D eigenvalue weighted by Crippen LogP contribution is 2.33. The molecule has 2 aromatic heterocycles. The van der Waals surface area contributed by atoms with Crippen molar-refractivity contribution in [3.05, 3.63) is 24.4 Å². The topological polar surface area (TPSA) is 80.9 Å². The Morgan fingerprint density at radius 1 is 1.40 bits per heavy atom. The molecule has 0 unspecified atom stereocenters. The van der Waals surface area contributed by atoms with Gasteiger partial charge in [-0.2, -0.15) is 0 Å². The first-order valence-corrected chi connectivity index (χ1v) is 9.10. The molecule has 25 heavy (non-hydrogen) atoms. The van der Waals surface area contributed by atoms with Crippen LogP contribution in [0.1, 0.15) is 12.8 Å². The van der Waals surface area contributed by atoms with Gasteiger partial charge in [-0.15, -0.1) is 5.10 Å². The molecule has 0 bridgehead atoms. The molecular formula is C17H20N4O3S. The van der Waals surface area contributed by atoms with Crippen LogP contribution in [0.2, 0.25) is 0 Å². The van der Waals surface area contributed by atoms with E-state index in [-0.39, 0.29) is 5.75 Å². The van der Waals surface area contributed by atoms with E-state index in [4.69, 9.17) is 9.47 Å². The summed E-state index contributed by atoms with van der Waals surface area (Å²) in [7, 11) is 1.53. The first-order chi connectivity index (χ1) is 12.2. The van der Waals surface area contributed by atoms with Crippen molar-refractivity contribution >= 4 is 21.4 Å². The molecule has 0 spiro atoms. The highest BCUT2D eigenvalue weighted by atomic mass is 32.1. The number of phenols is 1. The molecule has 1 saturated heterocycles. The fraction of sp³-hybridized carbons (Fsp3) is 0.412. The van der Waals surface area contributed by atoms with Crippen molar-refractivity contribution in [2.75, 3.05) is 32.2 Å². The summed E-state index contributed by atoms with van der Waals surface area (Å²) in [5, 5.41) is 18.7. The molecule has 1 aromatic carbocycles. The molecule has 0 amide bonds. The van der Waals surface area contributed by atoms with Gasteiger partial charge in [0.1, 0.15) is 0 Å². The molecule has 1 aliphatic rings. The molecule has 7 nitrogen and oxygen atoms in total. The predicted octanol–water partition coefficient (Wildman–Crippen LogP) is 3.01. The Labute approximate surface area is 149 Å². The molecule has 0 radical (unpaired) electrons. The van der Waals surface area contributed by atoms with Crippen LogP contribution in [-0.4, -0.2) is 46.6 Å². The number of benzene rings is 1. The summed E-state index contributed by atoms with van der Waals surface area (Å²) in [5.74, 6) is 1.18. The number of aromatic hydroxyl groups is 1. The van der Waals surface area contributed by atoms with Crippen LogP contribution >= 0.6 is 11.3 Å². The molecular weight excluding hydrogens is 340 g/mol. The molecule has 0 aliphatic carbocycles. The van der Waals surface area contributed by atoms with Crippen LogP contribution in [-0.2, 0) is 4.74 Å². The smallest absolute Gasteiger partial charge is 0.214 e. The molecule has 1 aliphatic heterocycles. The van der Waals surface area contributed by atoms with Gasteiger partial charge in [-0.1, -0.05) is 11.3 Å². The fourth-order valence-electron chi connectivity index (χ4n) is 2.98. The SMILES string of the molecule is COc1cc(-c2cnc3sc(NCC4CCOCC4)nn23)ccc1O. The van der Waals surface area contributed by atoms with E-state index in [1.165, 1.54) is 18.4 Å². The van der Waals surface area contributed by atoms with Gasteiger partial charge < -0.3 is 19.9 Å². The normalized spacial score (nSPS) is 15.6. The Balaban J connectivity index is 1.56. The minimum atomic E-state index is 0.115. The monoisotopic (exact) mass is 360 g/mol. The van der Waals surface area contributed by atoms with Crippen molar-refractivity contribution in [2.45, 2.75) is 12.8 Å². The maximum Gasteiger partial charge on any atom is 0.214 e. The number of imidazole rings is 1. The largest absolute Gasteiger partial charge is 0.504 e. The van der Waals surface area contributed by atoms with Gasteiger partial charge in [0.05, 0.1) is 19.0 Å². The van der Waals surface area contributed by atoms with Gasteiger partial charge in [0, 0.05) is 25.3 Å². The highest BCUT2D eigenvalue weighted by molar-refractivity contribution is 7.20. The second kappa shape index (κ2) is 6.89. The minimum absolute atomic E-state index is 0.115. The Morgan fingerprint density at radius 2 is 2.24 bits per heavy atom. The number of ether oxygens (including phenoxy) is 2. The molecule has 132 valence electrons. The molecule has 3 heterocycles. The number of aromatic nitrogens is 3. The van der Waals surface area contributed by atoms with Gasteiger partial charge in [-0.3, -0.25) is 0 Å². The molecule has 0 atom stereocenters. The first kappa shape index (κ1) is 16.2. The van der Waals surface area contributed by atoms with E-state index < -0.39 is 0 Å². The fourth-order valence-corrected chi connectivity index (χ4v) is 3.76. The lowest BCUT2D eigenvalue weighted by molar-refractivity contribution is 0.0699. The van der Waals surface area contributed by atoms with E-state index in [1.54, 1.807) is 18.3 Å². The van der Waals surface area contributed by atoms with Crippen molar-refractivity contribution in [3.8, 4) is 22.8 Å². The Kier molecular flexibility index (Phi) is 4.46. The van der Waals surface area contributed by atoms with Crippen LogP contribution in [0.4, 0.5) is 5.13 Å². The maximum absolute atomic E-state index is 9.76. The lowest BCUT2D eigenvalue weighted by atomic mass is 10.0. The summed E-state index contributed by atoms with van der Waals surface area (Å²) in [4.78, 5) is 5.27. The minimum Gasteiger partial charge on any atom is -0.504 e. The van der Waals surface area contributed by atoms with Crippen molar-refractivity contribution < 1.29 is 14.6 Å². The zero-order valence-corrected chi connectivity index (χ0v) is 14.8. The number of anilines is 1. The number of rotatable bonds is 5. The van der Waals surface area contributed by atoms with Crippen molar-refractivity contribution in [1.82, 2.24) is 14.6 Å². The third kappa shape index (κ3) is 3.27. The van der Waals surface area contributed by atoms with Gasteiger partial charge >= 0.3 is 0 Å². The number of hydrogen-bond donors (Lipinski definition) is 2. The van der Waals surface area contributed by atoms with E-state index in [0.29, 0.717) is 11.7 Å². The van der Waals surface area contributed by atoms with Crippen LogP contribution in [0.3, 0.4) is 0 Å². The van der Waals surface area contributed by atoms with E-state index in [2.05, 4.69) is 15.4 Å². The Bertz CT molecular complexity index is 870. The molecule has 3 aromatic rings. The second-order valence-electron chi connectivity index (χ2n) is 6.07. The zero-order valence-electron chi connectivity index (χ0n) is 13.9. The van der Waals surface area contributed by atoms with Gasteiger partial charge in [0.15, 0.2) is 11.5 Å². The van der Waals surface area contributed by atoms with Gasteiger partial charge in [-0.05, 0) is 37.0 Å². The number of nitrogens with zero attached hydrogens (tertiary/aromatic N) is 3. The summed E-state index contributed by atoms with van der Waals surface area (Å²) in [6, 6.07) is 5.23. The summed E-state index contributed by atoms with van der Waals surface area (Å²) in [6.07, 6.45) is 3.97. The average Bonchev–Trinajstić information content (AvgIpc) is 3.22. The quantitative estimate of drug-likeness (QED) is 0.728. The van der Waals surface area contributed by atoms with Crippen LogP contribution in [0.25, 0.3) is 16.2 Å². The van der Waals surface area contributed by atoms with E-state index in [1.807, 2.05) is 10.6 Å². The standard InChI is InChI=1S/C17H20N4O3S/c1-23-15-8-12(2-3-14(15)22)13-10-19-17-21(13)20-16(25-17)18-9-11-4-6-24-7-5-11/h2-3,8,10-11,22H,4-7,9H2,1H3,(H,18,20). The second-order valence-corrected chi connectivity index (χ2v) is 7.02. The average molecular weight is 360 g/mol. The van der Waals surface area contributed by atoms with E-state index >= 15 is 0 Å². The third-order valence-corrected chi connectivity index (χ3v) is 5.32. The summed E-state index contributed by atoms with van der Waals surface area (Å²) >= 11 is 1.53. The van der Waals surface area contributed by atoms with Crippen LogP contribution in [0.15, 0.2) is 24.4 Å².